The monoisotopic (exact) mass is 383 g/mol. The average molecular weight is 383 g/mol. The molecule has 0 amide bonds. The maximum atomic E-state index is 11.8. The summed E-state index contributed by atoms with van der Waals surface area (Å²) in [6.07, 6.45) is 0. The number of anilines is 1. The van der Waals surface area contributed by atoms with Crippen LogP contribution in [0.15, 0.2) is 42.5 Å². The molecule has 0 atom stereocenters. The Hall–Kier alpha value is -1.76. The van der Waals surface area contributed by atoms with E-state index in [1.54, 1.807) is 18.2 Å². The summed E-state index contributed by atoms with van der Waals surface area (Å²) in [6, 6.07) is 12.9. The van der Waals surface area contributed by atoms with Gasteiger partial charge in [-0.25, -0.2) is 4.79 Å². The van der Waals surface area contributed by atoms with Crippen LogP contribution in [0, 0.1) is 3.57 Å². The molecule has 0 bridgehead atoms. The molecule has 2 aromatic rings. The van der Waals surface area contributed by atoms with Crippen molar-refractivity contribution < 1.29 is 14.3 Å². The SMILES string of the molecule is COC(=O)c1c(N)cccc1COc1ccccc1I. The van der Waals surface area contributed by atoms with Crippen molar-refractivity contribution in [2.45, 2.75) is 6.61 Å². The van der Waals surface area contributed by atoms with E-state index < -0.39 is 5.97 Å². The van der Waals surface area contributed by atoms with Crippen molar-refractivity contribution in [2.75, 3.05) is 12.8 Å². The Labute approximate surface area is 131 Å². The number of nitrogen functional groups attached to an aromatic ring is 1. The van der Waals surface area contributed by atoms with Gasteiger partial charge in [-0.15, -0.1) is 0 Å². The quantitative estimate of drug-likeness (QED) is 0.500. The molecule has 0 aliphatic rings. The van der Waals surface area contributed by atoms with E-state index in [1.807, 2.05) is 24.3 Å². The maximum absolute atomic E-state index is 11.8. The Kier molecular flexibility index (Phi) is 4.84. The number of carbonyl (C=O) groups excluding carboxylic acids is 1. The van der Waals surface area contributed by atoms with Crippen LogP contribution in [-0.2, 0) is 11.3 Å². The fraction of sp³-hybridized carbons (Fsp3) is 0.133. The second kappa shape index (κ2) is 6.60. The molecule has 4 nitrogen and oxygen atoms in total. The van der Waals surface area contributed by atoms with Crippen molar-refractivity contribution in [3.8, 4) is 5.75 Å². The normalized spacial score (nSPS) is 10.1. The Morgan fingerprint density at radius 1 is 1.20 bits per heavy atom. The summed E-state index contributed by atoms with van der Waals surface area (Å²) in [6.45, 7) is 0.259. The summed E-state index contributed by atoms with van der Waals surface area (Å²) in [5, 5.41) is 0. The molecule has 0 saturated carbocycles. The van der Waals surface area contributed by atoms with Gasteiger partial charge in [-0.05, 0) is 40.8 Å². The zero-order valence-electron chi connectivity index (χ0n) is 10.9. The van der Waals surface area contributed by atoms with Crippen molar-refractivity contribution in [1.29, 1.82) is 0 Å². The number of methoxy groups -OCH3 is 1. The molecule has 20 heavy (non-hydrogen) atoms. The van der Waals surface area contributed by atoms with Gasteiger partial charge in [0.15, 0.2) is 0 Å². The third kappa shape index (κ3) is 3.22. The number of hydrogen-bond donors (Lipinski definition) is 1. The molecule has 2 rings (SSSR count). The lowest BCUT2D eigenvalue weighted by atomic mass is 10.1. The largest absolute Gasteiger partial charge is 0.488 e. The Morgan fingerprint density at radius 3 is 2.65 bits per heavy atom. The fourth-order valence-corrected chi connectivity index (χ4v) is 2.35. The highest BCUT2D eigenvalue weighted by Crippen LogP contribution is 2.23. The molecule has 0 radical (unpaired) electrons. The van der Waals surface area contributed by atoms with Gasteiger partial charge in [0, 0.05) is 11.3 Å². The highest BCUT2D eigenvalue weighted by molar-refractivity contribution is 14.1. The molecule has 0 spiro atoms. The van der Waals surface area contributed by atoms with Crippen molar-refractivity contribution in [3.05, 3.63) is 57.2 Å². The van der Waals surface area contributed by atoms with Gasteiger partial charge in [-0.3, -0.25) is 0 Å². The van der Waals surface area contributed by atoms with Crippen molar-refractivity contribution in [2.24, 2.45) is 0 Å². The minimum Gasteiger partial charge on any atom is -0.488 e. The standard InChI is InChI=1S/C15H14INO3/c1-19-15(18)14-10(5-4-7-12(14)17)9-20-13-8-3-2-6-11(13)16/h2-8H,9,17H2,1H3. The van der Waals surface area contributed by atoms with Crippen molar-refractivity contribution in [3.63, 3.8) is 0 Å². The molecule has 0 saturated heterocycles. The van der Waals surface area contributed by atoms with Crippen LogP contribution < -0.4 is 10.5 Å². The first-order valence-corrected chi connectivity index (χ1v) is 7.04. The molecule has 5 heteroatoms. The van der Waals surface area contributed by atoms with Crippen molar-refractivity contribution in [1.82, 2.24) is 0 Å². The lowest BCUT2D eigenvalue weighted by Crippen LogP contribution is -2.11. The molecule has 104 valence electrons. The van der Waals surface area contributed by atoms with E-state index in [4.69, 9.17) is 15.2 Å². The van der Waals surface area contributed by atoms with E-state index in [0.29, 0.717) is 16.8 Å². The maximum Gasteiger partial charge on any atom is 0.340 e. The number of rotatable bonds is 4. The minimum absolute atomic E-state index is 0.259. The average Bonchev–Trinajstić information content (AvgIpc) is 2.46. The predicted molar refractivity (Wildman–Crippen MR) is 85.7 cm³/mol. The van der Waals surface area contributed by atoms with Crippen LogP contribution in [0.1, 0.15) is 15.9 Å². The van der Waals surface area contributed by atoms with Crippen LogP contribution in [-0.4, -0.2) is 13.1 Å². The van der Waals surface area contributed by atoms with E-state index in [9.17, 15) is 4.79 Å². The molecule has 0 aromatic heterocycles. The summed E-state index contributed by atoms with van der Waals surface area (Å²) in [5.74, 6) is 0.316. The number of halogens is 1. The molecular formula is C15H14INO3. The molecule has 0 unspecified atom stereocenters. The van der Waals surface area contributed by atoms with Crippen LogP contribution in [0.5, 0.6) is 5.75 Å². The summed E-state index contributed by atoms with van der Waals surface area (Å²) in [7, 11) is 1.33. The van der Waals surface area contributed by atoms with E-state index in [0.717, 1.165) is 9.32 Å². The molecule has 0 aliphatic carbocycles. The molecule has 0 aliphatic heterocycles. The van der Waals surface area contributed by atoms with E-state index in [1.165, 1.54) is 7.11 Å². The second-order valence-electron chi connectivity index (χ2n) is 4.09. The number of ether oxygens (including phenoxy) is 2. The third-order valence-corrected chi connectivity index (χ3v) is 3.68. The van der Waals surface area contributed by atoms with Gasteiger partial charge in [0.2, 0.25) is 0 Å². The summed E-state index contributed by atoms with van der Waals surface area (Å²) in [4.78, 5) is 11.8. The van der Waals surface area contributed by atoms with Crippen LogP contribution in [0.25, 0.3) is 0 Å². The van der Waals surface area contributed by atoms with Gasteiger partial charge in [0.05, 0.1) is 16.2 Å². The molecule has 2 N–H and O–H groups in total. The van der Waals surface area contributed by atoms with Gasteiger partial charge < -0.3 is 15.2 Å². The van der Waals surface area contributed by atoms with Crippen LogP contribution >= 0.6 is 22.6 Å². The predicted octanol–water partition coefficient (Wildman–Crippen LogP) is 3.24. The number of hydrogen-bond acceptors (Lipinski definition) is 4. The smallest absolute Gasteiger partial charge is 0.340 e. The summed E-state index contributed by atoms with van der Waals surface area (Å²) < 4.78 is 11.5. The second-order valence-corrected chi connectivity index (χ2v) is 5.25. The zero-order chi connectivity index (χ0) is 14.5. The fourth-order valence-electron chi connectivity index (χ4n) is 1.81. The van der Waals surface area contributed by atoms with Crippen LogP contribution in [0.3, 0.4) is 0 Å². The van der Waals surface area contributed by atoms with Crippen LogP contribution in [0.4, 0.5) is 5.69 Å². The topological polar surface area (TPSA) is 61.5 Å². The van der Waals surface area contributed by atoms with Crippen molar-refractivity contribution >= 4 is 34.2 Å². The highest BCUT2D eigenvalue weighted by atomic mass is 127. The Bertz CT molecular complexity index is 628. The van der Waals surface area contributed by atoms with Gasteiger partial charge >= 0.3 is 5.97 Å². The zero-order valence-corrected chi connectivity index (χ0v) is 13.1. The first-order valence-electron chi connectivity index (χ1n) is 5.96. The third-order valence-electron chi connectivity index (χ3n) is 2.79. The van der Waals surface area contributed by atoms with Gasteiger partial charge in [-0.2, -0.15) is 0 Å². The summed E-state index contributed by atoms with van der Waals surface area (Å²) >= 11 is 2.20. The number of esters is 1. The number of para-hydroxylation sites is 1. The van der Waals surface area contributed by atoms with Gasteiger partial charge in [0.1, 0.15) is 12.4 Å². The van der Waals surface area contributed by atoms with Gasteiger partial charge in [-0.1, -0.05) is 24.3 Å². The number of carbonyl (C=O) groups is 1. The highest BCUT2D eigenvalue weighted by Gasteiger charge is 2.15. The first-order chi connectivity index (χ1) is 9.63. The Balaban J connectivity index is 2.24. The van der Waals surface area contributed by atoms with E-state index >= 15 is 0 Å². The number of nitrogens with two attached hydrogens (primary N) is 1. The van der Waals surface area contributed by atoms with Gasteiger partial charge in [0.25, 0.3) is 0 Å². The van der Waals surface area contributed by atoms with E-state index in [-0.39, 0.29) is 6.61 Å². The van der Waals surface area contributed by atoms with E-state index in [2.05, 4.69) is 22.6 Å². The lowest BCUT2D eigenvalue weighted by molar-refractivity contribution is 0.0599. The molecular weight excluding hydrogens is 369 g/mol. The first kappa shape index (κ1) is 14.6. The lowest BCUT2D eigenvalue weighted by Gasteiger charge is -2.12. The molecule has 0 heterocycles. The molecule has 2 aromatic carbocycles. The minimum atomic E-state index is -0.454. The summed E-state index contributed by atoms with van der Waals surface area (Å²) in [5.41, 5.74) is 7.30. The molecule has 0 fully saturated rings. The van der Waals surface area contributed by atoms with Crippen LogP contribution in [0.2, 0.25) is 0 Å². The Morgan fingerprint density at radius 2 is 1.95 bits per heavy atom. The number of benzene rings is 2.